The summed E-state index contributed by atoms with van der Waals surface area (Å²) in [6.07, 6.45) is 4.53. The molecule has 0 amide bonds. The van der Waals surface area contributed by atoms with Gasteiger partial charge in [-0.2, -0.15) is 0 Å². The van der Waals surface area contributed by atoms with Gasteiger partial charge in [0.05, 0.1) is 5.69 Å². The first kappa shape index (κ1) is 16.4. The van der Waals surface area contributed by atoms with Gasteiger partial charge >= 0.3 is 0 Å². The fourth-order valence-corrected chi connectivity index (χ4v) is 3.23. The van der Waals surface area contributed by atoms with Crippen molar-refractivity contribution in [3.63, 3.8) is 0 Å². The molecule has 1 aromatic heterocycles. The summed E-state index contributed by atoms with van der Waals surface area (Å²) in [4.78, 5) is 5.10. The molecule has 0 saturated carbocycles. The van der Waals surface area contributed by atoms with Crippen LogP contribution in [0.4, 0.5) is 4.39 Å². The second-order valence-corrected chi connectivity index (χ2v) is 6.41. The number of halogens is 1. The van der Waals surface area contributed by atoms with Crippen LogP contribution in [-0.4, -0.2) is 54.2 Å². The topological polar surface area (TPSA) is 32.5 Å². The van der Waals surface area contributed by atoms with Crippen molar-refractivity contribution < 1.29 is 8.91 Å². The zero-order chi connectivity index (χ0) is 16.1. The first-order valence-electron chi connectivity index (χ1n) is 8.75. The van der Waals surface area contributed by atoms with Gasteiger partial charge in [0, 0.05) is 37.6 Å². The molecule has 1 aliphatic heterocycles. The van der Waals surface area contributed by atoms with Gasteiger partial charge in [-0.3, -0.25) is 0 Å². The molecule has 2 aromatic rings. The molecule has 1 fully saturated rings. The Kier molecular flexibility index (Phi) is 5.62. The molecule has 1 saturated heterocycles. The van der Waals surface area contributed by atoms with Gasteiger partial charge < -0.3 is 14.3 Å². The van der Waals surface area contributed by atoms with E-state index in [2.05, 4.69) is 21.9 Å². The monoisotopic (exact) mass is 319 g/mol. The summed E-state index contributed by atoms with van der Waals surface area (Å²) in [7, 11) is 0. The second-order valence-electron chi connectivity index (χ2n) is 6.41. The van der Waals surface area contributed by atoms with E-state index in [0.717, 1.165) is 43.6 Å². The number of aromatic nitrogens is 1. The second kappa shape index (κ2) is 7.88. The van der Waals surface area contributed by atoms with Crippen molar-refractivity contribution in [1.29, 1.82) is 0 Å². The van der Waals surface area contributed by atoms with Crippen LogP contribution in [0.3, 0.4) is 0 Å². The smallest absolute Gasteiger partial charge is 0.170 e. The molecule has 0 atom stereocenters. The number of unbranched alkanes of at least 4 members (excludes halogenated alkanes) is 1. The highest BCUT2D eigenvalue weighted by atomic mass is 19.1. The lowest BCUT2D eigenvalue weighted by Gasteiger charge is -2.34. The molecule has 5 heteroatoms. The average molecular weight is 319 g/mol. The van der Waals surface area contributed by atoms with Crippen LogP contribution in [-0.2, 0) is 6.42 Å². The van der Waals surface area contributed by atoms with Gasteiger partial charge in [-0.05, 0) is 44.5 Å². The Bertz CT molecular complexity index is 620. The molecule has 0 bridgehead atoms. The highest BCUT2D eigenvalue weighted by Gasteiger charge is 2.16. The lowest BCUT2D eigenvalue weighted by Crippen LogP contribution is -2.46. The van der Waals surface area contributed by atoms with Crippen molar-refractivity contribution in [2.75, 3.05) is 39.3 Å². The molecule has 0 unspecified atom stereocenters. The standard InChI is InChI=1S/C18H26FN3O/c1-2-3-8-21-10-12-22(13-11-21)9-4-5-17-16-7-6-15(19)14-18(16)23-20-17/h6-7,14H,2-5,8-13H2,1H3. The predicted molar refractivity (Wildman–Crippen MR) is 90.1 cm³/mol. The third-order valence-electron chi connectivity index (χ3n) is 4.69. The highest BCUT2D eigenvalue weighted by molar-refractivity contribution is 5.79. The first-order chi connectivity index (χ1) is 11.3. The predicted octanol–water partition coefficient (Wildman–Crippen LogP) is 3.32. The Morgan fingerprint density at radius 3 is 2.48 bits per heavy atom. The number of benzene rings is 1. The molecule has 3 rings (SSSR count). The number of fused-ring (bicyclic) bond motifs is 1. The Morgan fingerprint density at radius 2 is 1.78 bits per heavy atom. The molecule has 2 heterocycles. The summed E-state index contributed by atoms with van der Waals surface area (Å²) in [5, 5.41) is 5.04. The van der Waals surface area contributed by atoms with Crippen LogP contribution >= 0.6 is 0 Å². The van der Waals surface area contributed by atoms with Crippen molar-refractivity contribution >= 4 is 11.0 Å². The van der Waals surface area contributed by atoms with E-state index in [0.29, 0.717) is 5.58 Å². The largest absolute Gasteiger partial charge is 0.356 e. The van der Waals surface area contributed by atoms with E-state index in [-0.39, 0.29) is 5.82 Å². The molecule has 23 heavy (non-hydrogen) atoms. The maximum atomic E-state index is 13.2. The third-order valence-corrected chi connectivity index (χ3v) is 4.69. The normalized spacial score (nSPS) is 17.1. The first-order valence-corrected chi connectivity index (χ1v) is 8.75. The van der Waals surface area contributed by atoms with Gasteiger partial charge in [-0.1, -0.05) is 18.5 Å². The Balaban J connectivity index is 1.43. The maximum absolute atomic E-state index is 13.2. The van der Waals surface area contributed by atoms with E-state index >= 15 is 0 Å². The summed E-state index contributed by atoms with van der Waals surface area (Å²) < 4.78 is 18.4. The molecule has 0 spiro atoms. The van der Waals surface area contributed by atoms with Crippen LogP contribution in [0.5, 0.6) is 0 Å². The Hall–Kier alpha value is -1.46. The van der Waals surface area contributed by atoms with Crippen LogP contribution in [0, 0.1) is 5.82 Å². The summed E-state index contributed by atoms with van der Waals surface area (Å²) in [6, 6.07) is 4.64. The van der Waals surface area contributed by atoms with Crippen molar-refractivity contribution in [3.8, 4) is 0 Å². The molecule has 0 aliphatic carbocycles. The number of hydrogen-bond acceptors (Lipinski definition) is 4. The maximum Gasteiger partial charge on any atom is 0.170 e. The van der Waals surface area contributed by atoms with Crippen LogP contribution < -0.4 is 0 Å². The van der Waals surface area contributed by atoms with Crippen molar-refractivity contribution in [3.05, 3.63) is 29.7 Å². The Morgan fingerprint density at radius 1 is 1.09 bits per heavy atom. The van der Waals surface area contributed by atoms with E-state index in [1.165, 1.54) is 44.6 Å². The molecular weight excluding hydrogens is 293 g/mol. The number of hydrogen-bond donors (Lipinski definition) is 0. The van der Waals surface area contributed by atoms with Crippen molar-refractivity contribution in [1.82, 2.24) is 15.0 Å². The van der Waals surface area contributed by atoms with Crippen LogP contribution in [0.25, 0.3) is 11.0 Å². The zero-order valence-corrected chi connectivity index (χ0v) is 13.9. The molecule has 0 N–H and O–H groups in total. The van der Waals surface area contributed by atoms with E-state index in [1.54, 1.807) is 6.07 Å². The van der Waals surface area contributed by atoms with Gasteiger partial charge in [-0.25, -0.2) is 4.39 Å². The third kappa shape index (κ3) is 4.30. The fraction of sp³-hybridized carbons (Fsp3) is 0.611. The zero-order valence-electron chi connectivity index (χ0n) is 13.9. The quantitative estimate of drug-likeness (QED) is 0.784. The molecular formula is C18H26FN3O. The fourth-order valence-electron chi connectivity index (χ4n) is 3.23. The number of rotatable bonds is 7. The van der Waals surface area contributed by atoms with Gasteiger partial charge in [0.15, 0.2) is 5.58 Å². The minimum atomic E-state index is -0.277. The number of aryl methyl sites for hydroxylation is 1. The molecule has 1 aliphatic rings. The SMILES string of the molecule is CCCCN1CCN(CCCc2noc3cc(F)ccc23)CC1. The molecule has 4 nitrogen and oxygen atoms in total. The Labute approximate surface area is 137 Å². The molecule has 0 radical (unpaired) electrons. The summed E-state index contributed by atoms with van der Waals surface area (Å²) in [6.45, 7) is 9.28. The van der Waals surface area contributed by atoms with Crippen LogP contribution in [0.15, 0.2) is 22.7 Å². The van der Waals surface area contributed by atoms with Crippen LogP contribution in [0.1, 0.15) is 31.9 Å². The average Bonchev–Trinajstić information content (AvgIpc) is 2.96. The number of piperazine rings is 1. The minimum absolute atomic E-state index is 0.277. The van der Waals surface area contributed by atoms with E-state index in [4.69, 9.17) is 4.52 Å². The van der Waals surface area contributed by atoms with Crippen molar-refractivity contribution in [2.24, 2.45) is 0 Å². The minimum Gasteiger partial charge on any atom is -0.356 e. The van der Waals surface area contributed by atoms with Gasteiger partial charge in [0.1, 0.15) is 5.82 Å². The van der Waals surface area contributed by atoms with Gasteiger partial charge in [0.25, 0.3) is 0 Å². The van der Waals surface area contributed by atoms with Gasteiger partial charge in [-0.15, -0.1) is 0 Å². The summed E-state index contributed by atoms with van der Waals surface area (Å²) in [5.41, 5.74) is 1.49. The van der Waals surface area contributed by atoms with E-state index < -0.39 is 0 Å². The molecule has 1 aromatic carbocycles. The molecule has 126 valence electrons. The highest BCUT2D eigenvalue weighted by Crippen LogP contribution is 2.20. The van der Waals surface area contributed by atoms with Crippen LogP contribution in [0.2, 0.25) is 0 Å². The lowest BCUT2D eigenvalue weighted by molar-refractivity contribution is 0.130. The van der Waals surface area contributed by atoms with Gasteiger partial charge in [0.2, 0.25) is 0 Å². The summed E-state index contributed by atoms with van der Waals surface area (Å²) in [5.74, 6) is -0.277. The van der Waals surface area contributed by atoms with Crippen molar-refractivity contribution in [2.45, 2.75) is 32.6 Å². The van der Waals surface area contributed by atoms with E-state index in [9.17, 15) is 4.39 Å². The lowest BCUT2D eigenvalue weighted by atomic mass is 10.1. The summed E-state index contributed by atoms with van der Waals surface area (Å²) >= 11 is 0. The van der Waals surface area contributed by atoms with E-state index in [1.807, 2.05) is 0 Å². The number of nitrogens with zero attached hydrogens (tertiary/aromatic N) is 3.